The third-order valence-corrected chi connectivity index (χ3v) is 4.50. The van der Waals surface area contributed by atoms with E-state index in [-0.39, 0.29) is 18.0 Å². The molecule has 0 saturated carbocycles. The summed E-state index contributed by atoms with van der Waals surface area (Å²) in [6.45, 7) is 9.31. The van der Waals surface area contributed by atoms with Crippen molar-refractivity contribution in [2.75, 3.05) is 6.54 Å². The molecule has 1 heterocycles. The van der Waals surface area contributed by atoms with Gasteiger partial charge in [-0.3, -0.25) is 9.69 Å². The Labute approximate surface area is 115 Å². The van der Waals surface area contributed by atoms with E-state index in [1.807, 2.05) is 6.92 Å². The van der Waals surface area contributed by atoms with Gasteiger partial charge in [0.1, 0.15) is 0 Å². The largest absolute Gasteiger partial charge is 0.481 e. The van der Waals surface area contributed by atoms with Gasteiger partial charge < -0.3 is 5.11 Å². The monoisotopic (exact) mass is 261 g/mol. The zero-order valence-corrected chi connectivity index (χ0v) is 12.2. The molecule has 0 bridgehead atoms. The van der Waals surface area contributed by atoms with Crippen LogP contribution in [0.1, 0.15) is 43.0 Å². The second kappa shape index (κ2) is 5.33. The highest BCUT2D eigenvalue weighted by atomic mass is 16.4. The van der Waals surface area contributed by atoms with Gasteiger partial charge in [0.2, 0.25) is 0 Å². The maximum absolute atomic E-state index is 11.2. The molecule has 1 fully saturated rings. The van der Waals surface area contributed by atoms with E-state index in [1.54, 1.807) is 0 Å². The fourth-order valence-electron chi connectivity index (χ4n) is 3.23. The van der Waals surface area contributed by atoms with Gasteiger partial charge in [0.05, 0.1) is 5.92 Å². The van der Waals surface area contributed by atoms with Crippen LogP contribution in [0.5, 0.6) is 0 Å². The Hall–Kier alpha value is -1.35. The molecule has 19 heavy (non-hydrogen) atoms. The molecule has 0 spiro atoms. The van der Waals surface area contributed by atoms with Gasteiger partial charge in [0, 0.05) is 12.1 Å². The number of hydrogen-bond donors (Lipinski definition) is 1. The first-order valence-electron chi connectivity index (χ1n) is 6.97. The van der Waals surface area contributed by atoms with Gasteiger partial charge in [-0.25, -0.2) is 0 Å². The number of benzene rings is 1. The van der Waals surface area contributed by atoms with Crippen LogP contribution in [0, 0.1) is 19.8 Å². The predicted octanol–water partition coefficient (Wildman–Crippen LogP) is 3.16. The van der Waals surface area contributed by atoms with Crippen molar-refractivity contribution in [1.29, 1.82) is 0 Å². The fourth-order valence-corrected chi connectivity index (χ4v) is 3.23. The summed E-state index contributed by atoms with van der Waals surface area (Å²) in [5.41, 5.74) is 3.86. The number of carboxylic acid groups (broad SMARTS) is 1. The Morgan fingerprint density at radius 2 is 2.11 bits per heavy atom. The lowest BCUT2D eigenvalue weighted by molar-refractivity contribution is -0.142. The third-order valence-electron chi connectivity index (χ3n) is 4.50. The van der Waals surface area contributed by atoms with Gasteiger partial charge in [-0.1, -0.05) is 23.8 Å². The summed E-state index contributed by atoms with van der Waals surface area (Å²) >= 11 is 0. The molecule has 3 unspecified atom stereocenters. The average Bonchev–Trinajstić information content (AvgIpc) is 2.73. The molecule has 0 radical (unpaired) electrons. The van der Waals surface area contributed by atoms with E-state index in [0.717, 1.165) is 13.0 Å². The Morgan fingerprint density at radius 1 is 1.42 bits per heavy atom. The molecular weight excluding hydrogens is 238 g/mol. The Kier molecular flexibility index (Phi) is 3.95. The summed E-state index contributed by atoms with van der Waals surface area (Å²) < 4.78 is 0. The number of likely N-dealkylation sites (tertiary alicyclic amines) is 1. The van der Waals surface area contributed by atoms with E-state index >= 15 is 0 Å². The van der Waals surface area contributed by atoms with Crippen molar-refractivity contribution in [3.63, 3.8) is 0 Å². The van der Waals surface area contributed by atoms with Crippen LogP contribution in [0.4, 0.5) is 0 Å². The van der Waals surface area contributed by atoms with Crippen molar-refractivity contribution in [3.05, 3.63) is 34.9 Å². The normalized spacial score (nSPS) is 25.5. The van der Waals surface area contributed by atoms with Gasteiger partial charge in [0.25, 0.3) is 0 Å². The number of carboxylic acids is 1. The second-order valence-corrected chi connectivity index (χ2v) is 5.75. The summed E-state index contributed by atoms with van der Waals surface area (Å²) in [7, 11) is 0. The van der Waals surface area contributed by atoms with Crippen molar-refractivity contribution in [2.45, 2.75) is 46.2 Å². The molecule has 3 nitrogen and oxygen atoms in total. The Balaban J connectivity index is 2.23. The maximum Gasteiger partial charge on any atom is 0.308 e. The molecule has 2 rings (SSSR count). The second-order valence-electron chi connectivity index (χ2n) is 5.75. The first-order valence-corrected chi connectivity index (χ1v) is 6.97. The predicted molar refractivity (Wildman–Crippen MR) is 76.2 cm³/mol. The molecule has 104 valence electrons. The van der Waals surface area contributed by atoms with Gasteiger partial charge in [-0.05, 0) is 51.8 Å². The quantitative estimate of drug-likeness (QED) is 0.908. The van der Waals surface area contributed by atoms with Crippen LogP contribution < -0.4 is 0 Å². The highest BCUT2D eigenvalue weighted by Gasteiger charge is 2.38. The summed E-state index contributed by atoms with van der Waals surface area (Å²) in [5, 5.41) is 9.23. The number of nitrogens with zero attached hydrogens (tertiary/aromatic N) is 1. The number of hydrogen-bond acceptors (Lipinski definition) is 2. The first-order chi connectivity index (χ1) is 8.91. The summed E-state index contributed by atoms with van der Waals surface area (Å²) in [6, 6.07) is 6.88. The van der Waals surface area contributed by atoms with Crippen molar-refractivity contribution in [2.24, 2.45) is 5.92 Å². The van der Waals surface area contributed by atoms with Crippen LogP contribution in [0.25, 0.3) is 0 Å². The van der Waals surface area contributed by atoms with Crippen molar-refractivity contribution >= 4 is 5.97 Å². The van der Waals surface area contributed by atoms with E-state index in [4.69, 9.17) is 0 Å². The first kappa shape index (κ1) is 14.1. The summed E-state index contributed by atoms with van der Waals surface area (Å²) in [5.74, 6) is -0.893. The molecule has 0 aliphatic carbocycles. The minimum absolute atomic E-state index is 0.104. The van der Waals surface area contributed by atoms with Crippen molar-refractivity contribution in [1.82, 2.24) is 4.90 Å². The molecule has 0 aromatic heterocycles. The van der Waals surface area contributed by atoms with Crippen LogP contribution in [0.15, 0.2) is 18.2 Å². The van der Waals surface area contributed by atoms with Crippen molar-refractivity contribution < 1.29 is 9.90 Å². The molecule has 1 aromatic rings. The fraction of sp³-hybridized carbons (Fsp3) is 0.562. The minimum atomic E-state index is -0.664. The highest BCUT2D eigenvalue weighted by molar-refractivity contribution is 5.71. The molecular formula is C16H23NO2. The van der Waals surface area contributed by atoms with E-state index in [2.05, 4.69) is 43.9 Å². The van der Waals surface area contributed by atoms with E-state index in [9.17, 15) is 9.90 Å². The number of carbonyl (C=O) groups is 1. The molecule has 1 N–H and O–H groups in total. The standard InChI is InChI=1S/C16H23NO2/c1-10-5-6-11(2)15(9-10)13(4)17-8-7-14(12(17)3)16(18)19/h5-6,9,12-14H,7-8H2,1-4H3,(H,18,19). The molecule has 3 atom stereocenters. The SMILES string of the molecule is Cc1ccc(C)c(C(C)N2CCC(C(=O)O)C2C)c1. The minimum Gasteiger partial charge on any atom is -0.481 e. The van der Waals surface area contributed by atoms with Crippen LogP contribution in [0.3, 0.4) is 0 Å². The van der Waals surface area contributed by atoms with E-state index < -0.39 is 5.97 Å². The molecule has 0 amide bonds. The van der Waals surface area contributed by atoms with Crippen molar-refractivity contribution in [3.8, 4) is 0 Å². The van der Waals surface area contributed by atoms with Crippen LogP contribution in [-0.2, 0) is 4.79 Å². The number of rotatable bonds is 3. The molecule has 1 aliphatic heterocycles. The van der Waals surface area contributed by atoms with Crippen LogP contribution in [0.2, 0.25) is 0 Å². The number of aryl methyl sites for hydroxylation is 2. The third kappa shape index (κ3) is 2.66. The molecule has 1 aromatic carbocycles. The zero-order valence-electron chi connectivity index (χ0n) is 12.2. The summed E-state index contributed by atoms with van der Waals surface area (Å²) in [6.07, 6.45) is 0.756. The zero-order chi connectivity index (χ0) is 14.2. The molecule has 1 aliphatic rings. The Morgan fingerprint density at radius 3 is 2.68 bits per heavy atom. The topological polar surface area (TPSA) is 40.5 Å². The lowest BCUT2D eigenvalue weighted by Gasteiger charge is -2.31. The lowest BCUT2D eigenvalue weighted by Crippen LogP contribution is -2.35. The lowest BCUT2D eigenvalue weighted by atomic mass is 9.97. The van der Waals surface area contributed by atoms with Gasteiger partial charge in [0.15, 0.2) is 0 Å². The van der Waals surface area contributed by atoms with Gasteiger partial charge >= 0.3 is 5.97 Å². The molecule has 1 saturated heterocycles. The van der Waals surface area contributed by atoms with Gasteiger partial charge in [-0.15, -0.1) is 0 Å². The highest BCUT2D eigenvalue weighted by Crippen LogP contribution is 2.34. The van der Waals surface area contributed by atoms with E-state index in [1.165, 1.54) is 16.7 Å². The smallest absolute Gasteiger partial charge is 0.308 e. The van der Waals surface area contributed by atoms with Gasteiger partial charge in [-0.2, -0.15) is 0 Å². The summed E-state index contributed by atoms with van der Waals surface area (Å²) in [4.78, 5) is 13.5. The van der Waals surface area contributed by atoms with Crippen LogP contribution >= 0.6 is 0 Å². The average molecular weight is 261 g/mol. The number of aliphatic carboxylic acids is 1. The van der Waals surface area contributed by atoms with E-state index in [0.29, 0.717) is 0 Å². The Bertz CT molecular complexity index is 484. The molecule has 3 heteroatoms. The van der Waals surface area contributed by atoms with Crippen LogP contribution in [-0.4, -0.2) is 28.6 Å². The maximum atomic E-state index is 11.2.